The third kappa shape index (κ3) is 3.08. The average Bonchev–Trinajstić information content (AvgIpc) is 2.46. The summed E-state index contributed by atoms with van der Waals surface area (Å²) in [6.07, 6.45) is 0. The van der Waals surface area contributed by atoms with Gasteiger partial charge in [0.2, 0.25) is 0 Å². The molecule has 0 amide bonds. The van der Waals surface area contributed by atoms with Crippen LogP contribution in [0.15, 0.2) is 41.2 Å². The molecule has 0 saturated carbocycles. The Morgan fingerprint density at radius 3 is 2.05 bits per heavy atom. The summed E-state index contributed by atoms with van der Waals surface area (Å²) in [5.74, 6) is 0.755. The molecule has 21 heavy (non-hydrogen) atoms. The monoisotopic (exact) mass is 284 g/mol. The van der Waals surface area contributed by atoms with E-state index in [0.717, 1.165) is 11.4 Å². The molecular weight excluding hydrogens is 260 g/mol. The largest absolute Gasteiger partial charge is 0.326 e. The second kappa shape index (κ2) is 6.27. The van der Waals surface area contributed by atoms with E-state index in [1.165, 1.54) is 5.56 Å². The molecule has 2 aromatic rings. The minimum Gasteiger partial charge on any atom is -0.326 e. The molecule has 0 saturated heterocycles. The molecule has 0 aliphatic rings. The van der Waals surface area contributed by atoms with Crippen LogP contribution in [0, 0.1) is 0 Å². The van der Waals surface area contributed by atoms with E-state index in [1.54, 1.807) is 4.57 Å². The number of hydrogen-bond donors (Lipinski definition) is 1. The summed E-state index contributed by atoms with van der Waals surface area (Å²) in [6, 6.07) is 12.1. The van der Waals surface area contributed by atoms with E-state index in [2.05, 4.69) is 39.8 Å². The van der Waals surface area contributed by atoms with Crippen LogP contribution in [0.3, 0.4) is 0 Å². The first-order valence-electron chi connectivity index (χ1n) is 7.51. The summed E-state index contributed by atoms with van der Waals surface area (Å²) in [6.45, 7) is 8.78. The standard InChI is InChI=1S/C18H24N2O/c1-12(2)14-5-8-16(9-6-14)20-17(13(3)4)10-7-15(11-19)18(20)21/h5-10,12-13H,11,19H2,1-4H3. The molecule has 3 heteroatoms. The molecule has 0 spiro atoms. The van der Waals surface area contributed by atoms with Crippen molar-refractivity contribution in [2.75, 3.05) is 0 Å². The maximum Gasteiger partial charge on any atom is 0.259 e. The normalized spacial score (nSPS) is 11.4. The van der Waals surface area contributed by atoms with Crippen molar-refractivity contribution in [2.24, 2.45) is 5.73 Å². The van der Waals surface area contributed by atoms with Gasteiger partial charge in [0.05, 0.1) is 0 Å². The van der Waals surface area contributed by atoms with Gasteiger partial charge in [-0.15, -0.1) is 0 Å². The second-order valence-corrected chi connectivity index (χ2v) is 6.03. The summed E-state index contributed by atoms with van der Waals surface area (Å²) in [4.78, 5) is 12.6. The van der Waals surface area contributed by atoms with E-state index >= 15 is 0 Å². The van der Waals surface area contributed by atoms with Gasteiger partial charge in [-0.25, -0.2) is 0 Å². The smallest absolute Gasteiger partial charge is 0.259 e. The SMILES string of the molecule is CC(C)c1ccc(-n2c(C(C)C)ccc(CN)c2=O)cc1. The molecule has 1 aromatic carbocycles. The van der Waals surface area contributed by atoms with Gasteiger partial charge in [0.25, 0.3) is 5.56 Å². The Hall–Kier alpha value is -1.87. The number of benzene rings is 1. The second-order valence-electron chi connectivity index (χ2n) is 6.03. The van der Waals surface area contributed by atoms with Crippen LogP contribution in [-0.4, -0.2) is 4.57 Å². The lowest BCUT2D eigenvalue weighted by atomic mass is 10.0. The average molecular weight is 284 g/mol. The zero-order valence-corrected chi connectivity index (χ0v) is 13.3. The van der Waals surface area contributed by atoms with Crippen molar-refractivity contribution in [3.63, 3.8) is 0 Å². The number of nitrogens with two attached hydrogens (primary N) is 1. The lowest BCUT2D eigenvalue weighted by Gasteiger charge is -2.17. The number of aromatic nitrogens is 1. The van der Waals surface area contributed by atoms with Crippen LogP contribution in [0.1, 0.15) is 56.4 Å². The van der Waals surface area contributed by atoms with Gasteiger partial charge in [0.15, 0.2) is 0 Å². The summed E-state index contributed by atoms with van der Waals surface area (Å²) in [5.41, 5.74) is 9.49. The van der Waals surface area contributed by atoms with Gasteiger partial charge in [-0.2, -0.15) is 0 Å². The molecule has 0 bridgehead atoms. The first kappa shape index (κ1) is 15.5. The van der Waals surface area contributed by atoms with E-state index in [9.17, 15) is 4.79 Å². The Morgan fingerprint density at radius 2 is 1.57 bits per heavy atom. The quantitative estimate of drug-likeness (QED) is 0.933. The Morgan fingerprint density at radius 1 is 0.952 bits per heavy atom. The van der Waals surface area contributed by atoms with Gasteiger partial charge in [0, 0.05) is 23.5 Å². The predicted octanol–water partition coefficient (Wildman–Crippen LogP) is 3.54. The molecule has 0 unspecified atom stereocenters. The fraction of sp³-hybridized carbons (Fsp3) is 0.389. The van der Waals surface area contributed by atoms with Gasteiger partial charge >= 0.3 is 0 Å². The van der Waals surface area contributed by atoms with Crippen molar-refractivity contribution < 1.29 is 0 Å². The van der Waals surface area contributed by atoms with E-state index in [1.807, 2.05) is 24.3 Å². The number of hydrogen-bond acceptors (Lipinski definition) is 2. The van der Waals surface area contributed by atoms with Gasteiger partial charge in [0.1, 0.15) is 0 Å². The molecule has 112 valence electrons. The fourth-order valence-electron chi connectivity index (χ4n) is 2.47. The zero-order valence-electron chi connectivity index (χ0n) is 13.3. The third-order valence-electron chi connectivity index (χ3n) is 3.82. The van der Waals surface area contributed by atoms with E-state index < -0.39 is 0 Å². The molecule has 3 nitrogen and oxygen atoms in total. The molecule has 1 aromatic heterocycles. The van der Waals surface area contributed by atoms with Crippen molar-refractivity contribution >= 4 is 0 Å². The molecule has 0 aliphatic carbocycles. The van der Waals surface area contributed by atoms with Crippen LogP contribution in [0.2, 0.25) is 0 Å². The summed E-state index contributed by atoms with van der Waals surface area (Å²) in [5, 5.41) is 0. The highest BCUT2D eigenvalue weighted by Gasteiger charge is 2.12. The van der Waals surface area contributed by atoms with Gasteiger partial charge in [-0.1, -0.05) is 45.9 Å². The first-order chi connectivity index (χ1) is 9.95. The minimum atomic E-state index is -0.0130. The van der Waals surface area contributed by atoms with Crippen molar-refractivity contribution in [1.29, 1.82) is 0 Å². The van der Waals surface area contributed by atoms with Crippen LogP contribution in [-0.2, 0) is 6.54 Å². The lowest BCUT2D eigenvalue weighted by Crippen LogP contribution is -2.27. The lowest BCUT2D eigenvalue weighted by molar-refractivity contribution is 0.749. The summed E-state index contributed by atoms with van der Waals surface area (Å²) in [7, 11) is 0. The van der Waals surface area contributed by atoms with Gasteiger partial charge in [-0.05, 0) is 35.6 Å². The van der Waals surface area contributed by atoms with Gasteiger partial charge in [-0.3, -0.25) is 9.36 Å². The van der Waals surface area contributed by atoms with Crippen LogP contribution < -0.4 is 11.3 Å². The summed E-state index contributed by atoms with van der Waals surface area (Å²) < 4.78 is 1.79. The molecular formula is C18H24N2O. The molecule has 0 aliphatic heterocycles. The summed E-state index contributed by atoms with van der Waals surface area (Å²) >= 11 is 0. The Balaban J connectivity index is 2.63. The molecule has 2 rings (SSSR count). The van der Waals surface area contributed by atoms with Crippen LogP contribution in [0.25, 0.3) is 5.69 Å². The predicted molar refractivity (Wildman–Crippen MR) is 88.1 cm³/mol. The molecule has 0 fully saturated rings. The Labute approximate surface area is 126 Å². The van der Waals surface area contributed by atoms with Crippen molar-refractivity contribution in [3.8, 4) is 5.69 Å². The topological polar surface area (TPSA) is 48.0 Å². The van der Waals surface area contributed by atoms with Crippen LogP contribution in [0.4, 0.5) is 0 Å². The first-order valence-corrected chi connectivity index (χ1v) is 7.51. The fourth-order valence-corrected chi connectivity index (χ4v) is 2.47. The zero-order chi connectivity index (χ0) is 15.6. The molecule has 0 atom stereocenters. The highest BCUT2D eigenvalue weighted by atomic mass is 16.1. The maximum atomic E-state index is 12.6. The third-order valence-corrected chi connectivity index (χ3v) is 3.82. The minimum absolute atomic E-state index is 0.0130. The molecule has 0 radical (unpaired) electrons. The molecule has 1 heterocycles. The van der Waals surface area contributed by atoms with E-state index in [0.29, 0.717) is 11.5 Å². The number of rotatable bonds is 4. The van der Waals surface area contributed by atoms with Crippen LogP contribution >= 0.6 is 0 Å². The van der Waals surface area contributed by atoms with Gasteiger partial charge < -0.3 is 5.73 Å². The van der Waals surface area contributed by atoms with E-state index in [4.69, 9.17) is 5.73 Å². The number of pyridine rings is 1. The van der Waals surface area contributed by atoms with Crippen molar-refractivity contribution in [3.05, 3.63) is 63.6 Å². The van der Waals surface area contributed by atoms with E-state index in [-0.39, 0.29) is 18.0 Å². The Bertz CT molecular complexity index is 667. The highest BCUT2D eigenvalue weighted by Crippen LogP contribution is 2.20. The van der Waals surface area contributed by atoms with Crippen molar-refractivity contribution in [2.45, 2.75) is 46.1 Å². The Kier molecular flexibility index (Phi) is 4.63. The molecule has 2 N–H and O–H groups in total. The highest BCUT2D eigenvalue weighted by molar-refractivity contribution is 5.39. The number of nitrogens with zero attached hydrogens (tertiary/aromatic N) is 1. The van der Waals surface area contributed by atoms with Crippen molar-refractivity contribution in [1.82, 2.24) is 4.57 Å². The van der Waals surface area contributed by atoms with Crippen LogP contribution in [0.5, 0.6) is 0 Å². The maximum absolute atomic E-state index is 12.6.